The van der Waals surface area contributed by atoms with Crippen LogP contribution in [0, 0.1) is 11.8 Å². The van der Waals surface area contributed by atoms with Gasteiger partial charge in [0.15, 0.2) is 0 Å². The third kappa shape index (κ3) is 12.1. The Labute approximate surface area is 253 Å². The molecule has 2 fully saturated rings. The van der Waals surface area contributed by atoms with Gasteiger partial charge in [-0.2, -0.15) is 11.8 Å². The fraction of sp³-hybridized carbons (Fsp3) is 0.656. The van der Waals surface area contributed by atoms with Crippen LogP contribution in [0.3, 0.4) is 0 Å². The second kappa shape index (κ2) is 18.3. The van der Waals surface area contributed by atoms with Gasteiger partial charge in [-0.1, -0.05) is 42.8 Å². The molecular weight excluding hydrogens is 560 g/mol. The second-order valence-electron chi connectivity index (χ2n) is 11.1. The third-order valence-electron chi connectivity index (χ3n) is 7.65. The maximum absolute atomic E-state index is 12.5. The zero-order valence-electron chi connectivity index (χ0n) is 24.8. The van der Waals surface area contributed by atoms with Crippen molar-refractivity contribution in [1.82, 2.24) is 0 Å². The third-order valence-corrected chi connectivity index (χ3v) is 8.75. The Kier molecular flexibility index (Phi) is 14.9. The van der Waals surface area contributed by atoms with Gasteiger partial charge in [0.1, 0.15) is 11.9 Å². The second-order valence-corrected chi connectivity index (χ2v) is 12.4. The van der Waals surface area contributed by atoms with Gasteiger partial charge in [0.2, 0.25) is 6.29 Å². The van der Waals surface area contributed by atoms with Crippen LogP contribution in [0.15, 0.2) is 36.4 Å². The molecule has 5 unspecified atom stereocenters. The van der Waals surface area contributed by atoms with E-state index < -0.39 is 30.6 Å². The van der Waals surface area contributed by atoms with Gasteiger partial charge in [0.05, 0.1) is 18.8 Å². The highest BCUT2D eigenvalue weighted by molar-refractivity contribution is 7.99. The van der Waals surface area contributed by atoms with Crippen molar-refractivity contribution in [3.8, 4) is 0 Å². The number of hydrogen-bond donors (Lipinski definition) is 2. The van der Waals surface area contributed by atoms with Crippen LogP contribution >= 0.6 is 11.8 Å². The Bertz CT molecular complexity index is 1020. The number of carbonyl (C=O) groups excluding carboxylic acids is 3. The topological polar surface area (TPSA) is 129 Å². The first-order valence-corrected chi connectivity index (χ1v) is 16.2. The highest BCUT2D eigenvalue weighted by Crippen LogP contribution is 2.34. The lowest BCUT2D eigenvalue weighted by molar-refractivity contribution is -0.169. The molecule has 0 aromatic heterocycles. The first-order valence-electron chi connectivity index (χ1n) is 15.0. The van der Waals surface area contributed by atoms with Crippen molar-refractivity contribution in [2.45, 2.75) is 102 Å². The Hall–Kier alpha value is -2.40. The lowest BCUT2D eigenvalue weighted by Crippen LogP contribution is -2.26. The number of hydrogen-bond acceptors (Lipinski definition) is 10. The first kappa shape index (κ1) is 34.1. The number of Topliss-reactive ketones (excluding diaryl/α,β-unsaturated/α-hetero) is 1. The monoisotopic (exact) mass is 606 g/mol. The van der Waals surface area contributed by atoms with E-state index in [2.05, 4.69) is 0 Å². The van der Waals surface area contributed by atoms with E-state index in [9.17, 15) is 24.6 Å². The largest absolute Gasteiger partial charge is 0.511 e. The fourth-order valence-corrected chi connectivity index (χ4v) is 6.53. The smallest absolute Gasteiger partial charge is 0.431 e. The number of benzene rings is 1. The predicted molar refractivity (Wildman–Crippen MR) is 160 cm³/mol. The standard InChI is InChI=1S/C32H46O9S/c1-22(40-32(37)41-26-10-4-3-5-11-26)39-31(36)12-7-16-42-17-15-28-27(29(34)20-30(28)35)14-13-25(33)19-23-8-6-9-24(18-23)21-38-2/h6,8-9,13-14,18,22,25-29,33-34H,3-5,7,10-12,15-17,19-21H2,1-2H3. The van der Waals surface area contributed by atoms with E-state index in [1.165, 1.54) is 6.92 Å². The predicted octanol–water partition coefficient (Wildman–Crippen LogP) is 5.14. The van der Waals surface area contributed by atoms with Crippen molar-refractivity contribution in [1.29, 1.82) is 0 Å². The van der Waals surface area contributed by atoms with Gasteiger partial charge >= 0.3 is 12.1 Å². The summed E-state index contributed by atoms with van der Waals surface area (Å²) in [5, 5.41) is 21.0. The molecule has 10 heteroatoms. The van der Waals surface area contributed by atoms with Gasteiger partial charge in [0.25, 0.3) is 0 Å². The highest BCUT2D eigenvalue weighted by Gasteiger charge is 2.39. The molecule has 0 bridgehead atoms. The highest BCUT2D eigenvalue weighted by atomic mass is 32.2. The summed E-state index contributed by atoms with van der Waals surface area (Å²) < 4.78 is 20.7. The minimum atomic E-state index is -1.01. The number of aliphatic hydroxyl groups is 2. The van der Waals surface area contributed by atoms with Crippen LogP contribution in [0.2, 0.25) is 0 Å². The van der Waals surface area contributed by atoms with Crippen molar-refractivity contribution in [2.75, 3.05) is 18.6 Å². The molecule has 3 rings (SSSR count). The Morgan fingerprint density at radius 2 is 1.88 bits per heavy atom. The average molecular weight is 607 g/mol. The van der Waals surface area contributed by atoms with Crippen molar-refractivity contribution in [3.63, 3.8) is 0 Å². The maximum Gasteiger partial charge on any atom is 0.511 e. The SMILES string of the molecule is COCc1cccc(CC(O)C=CC2C(O)CC(=O)C2CCSCCCC(=O)OC(C)OC(=O)OC2CCCCC2)c1. The van der Waals surface area contributed by atoms with Crippen LogP contribution in [0.5, 0.6) is 0 Å². The molecule has 42 heavy (non-hydrogen) atoms. The summed E-state index contributed by atoms with van der Waals surface area (Å²) in [4.78, 5) is 36.5. The van der Waals surface area contributed by atoms with Gasteiger partial charge in [-0.05, 0) is 61.2 Å². The van der Waals surface area contributed by atoms with E-state index in [1.807, 2.05) is 24.3 Å². The first-order chi connectivity index (χ1) is 20.2. The van der Waals surface area contributed by atoms with Gasteiger partial charge in [0, 0.05) is 45.1 Å². The summed E-state index contributed by atoms with van der Waals surface area (Å²) in [6, 6.07) is 7.85. The molecule has 1 aromatic rings. The number of thioether (sulfide) groups is 1. The van der Waals surface area contributed by atoms with Crippen molar-refractivity contribution >= 4 is 29.7 Å². The molecule has 1 aromatic carbocycles. The van der Waals surface area contributed by atoms with Gasteiger partial charge in [-0.3, -0.25) is 9.59 Å². The Morgan fingerprint density at radius 3 is 2.64 bits per heavy atom. The summed E-state index contributed by atoms with van der Waals surface area (Å²) in [6.45, 7) is 2.00. The minimum Gasteiger partial charge on any atom is -0.431 e. The van der Waals surface area contributed by atoms with Crippen LogP contribution in [0.25, 0.3) is 0 Å². The van der Waals surface area contributed by atoms with Gasteiger partial charge < -0.3 is 29.2 Å². The van der Waals surface area contributed by atoms with E-state index in [0.29, 0.717) is 37.4 Å². The van der Waals surface area contributed by atoms with E-state index in [1.54, 1.807) is 31.0 Å². The molecule has 2 aliphatic carbocycles. The zero-order valence-corrected chi connectivity index (χ0v) is 25.6. The molecule has 0 heterocycles. The molecule has 2 N–H and O–H groups in total. The molecule has 5 atom stereocenters. The van der Waals surface area contributed by atoms with Crippen molar-refractivity contribution < 1.29 is 43.5 Å². The summed E-state index contributed by atoms with van der Waals surface area (Å²) in [5.41, 5.74) is 2.02. The number of esters is 1. The fourth-order valence-electron chi connectivity index (χ4n) is 5.55. The number of ketones is 1. The molecule has 0 spiro atoms. The lowest BCUT2D eigenvalue weighted by Gasteiger charge is -2.22. The lowest BCUT2D eigenvalue weighted by atomic mass is 9.91. The van der Waals surface area contributed by atoms with Crippen LogP contribution in [-0.2, 0) is 41.6 Å². The average Bonchev–Trinajstić information content (AvgIpc) is 3.21. The van der Waals surface area contributed by atoms with E-state index in [-0.39, 0.29) is 36.6 Å². The minimum absolute atomic E-state index is 0.0408. The van der Waals surface area contributed by atoms with Crippen LogP contribution in [0.4, 0.5) is 4.79 Å². The van der Waals surface area contributed by atoms with E-state index >= 15 is 0 Å². The van der Waals surface area contributed by atoms with Crippen LogP contribution < -0.4 is 0 Å². The Balaban J connectivity index is 1.31. The number of ether oxygens (including phenoxy) is 4. The number of carbonyl (C=O) groups is 3. The molecule has 9 nitrogen and oxygen atoms in total. The van der Waals surface area contributed by atoms with Crippen molar-refractivity contribution in [3.05, 3.63) is 47.5 Å². The number of rotatable bonds is 16. The molecule has 0 saturated heterocycles. The normalized spacial score (nSPS) is 22.7. The number of aliphatic hydroxyl groups excluding tert-OH is 2. The summed E-state index contributed by atoms with van der Waals surface area (Å²) in [5.74, 6) is 0.394. The van der Waals surface area contributed by atoms with Crippen LogP contribution in [0.1, 0.15) is 75.8 Å². The molecule has 2 aliphatic rings. The molecule has 2 saturated carbocycles. The number of methoxy groups -OCH3 is 1. The van der Waals surface area contributed by atoms with E-state index in [4.69, 9.17) is 18.9 Å². The van der Waals surface area contributed by atoms with Crippen molar-refractivity contribution in [2.24, 2.45) is 11.8 Å². The van der Waals surface area contributed by atoms with Crippen LogP contribution in [-0.4, -0.2) is 71.3 Å². The molecule has 0 amide bonds. The maximum atomic E-state index is 12.5. The van der Waals surface area contributed by atoms with Gasteiger partial charge in [-0.15, -0.1) is 0 Å². The van der Waals surface area contributed by atoms with E-state index in [0.717, 1.165) is 43.2 Å². The molecule has 234 valence electrons. The summed E-state index contributed by atoms with van der Waals surface area (Å²) >= 11 is 1.64. The molecular formula is C32H46O9S. The summed E-state index contributed by atoms with van der Waals surface area (Å²) in [6.07, 6.45) is 6.90. The molecule has 0 aliphatic heterocycles. The zero-order chi connectivity index (χ0) is 30.3. The summed E-state index contributed by atoms with van der Waals surface area (Å²) in [7, 11) is 1.64. The van der Waals surface area contributed by atoms with Gasteiger partial charge in [-0.25, -0.2) is 4.79 Å². The molecule has 0 radical (unpaired) electrons. The Morgan fingerprint density at radius 1 is 1.12 bits per heavy atom. The quantitative estimate of drug-likeness (QED) is 0.113.